The van der Waals surface area contributed by atoms with Crippen LogP contribution < -0.4 is 0 Å². The quantitative estimate of drug-likeness (QED) is 0.904. The summed E-state index contributed by atoms with van der Waals surface area (Å²) in [5, 5.41) is 13.1. The standard InChI is InChI=1S/C13H13F2N3O3/c14-9-1-2-11(12(15)3-9)13(6-18-8-16-7-17-18)20-5-10(4-19)21-13/h1-3,7-8,10,19H,4-6H2. The molecule has 2 aromatic rings. The number of hydrogen-bond donors (Lipinski definition) is 1. The highest BCUT2D eigenvalue weighted by atomic mass is 19.1. The Morgan fingerprint density at radius 1 is 1.43 bits per heavy atom. The number of halogens is 2. The fraction of sp³-hybridized carbons (Fsp3) is 0.385. The van der Waals surface area contributed by atoms with Crippen LogP contribution in [-0.4, -0.2) is 39.2 Å². The van der Waals surface area contributed by atoms with Crippen molar-refractivity contribution in [3.05, 3.63) is 48.1 Å². The zero-order valence-electron chi connectivity index (χ0n) is 10.9. The third kappa shape index (κ3) is 2.65. The van der Waals surface area contributed by atoms with Gasteiger partial charge in [-0.15, -0.1) is 0 Å². The van der Waals surface area contributed by atoms with Crippen molar-refractivity contribution in [3.8, 4) is 0 Å². The third-order valence-electron chi connectivity index (χ3n) is 3.24. The van der Waals surface area contributed by atoms with E-state index < -0.39 is 23.5 Å². The van der Waals surface area contributed by atoms with Crippen molar-refractivity contribution < 1.29 is 23.4 Å². The van der Waals surface area contributed by atoms with Gasteiger partial charge in [-0.2, -0.15) is 5.10 Å². The molecule has 1 N–H and O–H groups in total. The van der Waals surface area contributed by atoms with Crippen LogP contribution in [0.2, 0.25) is 0 Å². The smallest absolute Gasteiger partial charge is 0.218 e. The summed E-state index contributed by atoms with van der Waals surface area (Å²) in [5.74, 6) is -2.95. The molecule has 0 aliphatic carbocycles. The predicted molar refractivity (Wildman–Crippen MR) is 66.0 cm³/mol. The zero-order valence-corrected chi connectivity index (χ0v) is 10.9. The Morgan fingerprint density at radius 3 is 2.90 bits per heavy atom. The summed E-state index contributed by atoms with van der Waals surface area (Å²) < 4.78 is 39.9. The maximum Gasteiger partial charge on any atom is 0.218 e. The van der Waals surface area contributed by atoms with Crippen LogP contribution >= 0.6 is 0 Å². The largest absolute Gasteiger partial charge is 0.394 e. The Labute approximate surface area is 118 Å². The number of rotatable bonds is 4. The molecule has 2 unspecified atom stereocenters. The number of hydrogen-bond acceptors (Lipinski definition) is 5. The Hall–Kier alpha value is -1.90. The summed E-state index contributed by atoms with van der Waals surface area (Å²) in [7, 11) is 0. The summed E-state index contributed by atoms with van der Waals surface area (Å²) in [6, 6.07) is 3.15. The van der Waals surface area contributed by atoms with Gasteiger partial charge in [0.25, 0.3) is 0 Å². The molecule has 1 aliphatic rings. The lowest BCUT2D eigenvalue weighted by atomic mass is 10.0. The fourth-order valence-electron chi connectivity index (χ4n) is 2.29. The molecule has 1 aromatic carbocycles. The van der Waals surface area contributed by atoms with Crippen molar-refractivity contribution in [3.63, 3.8) is 0 Å². The highest BCUT2D eigenvalue weighted by molar-refractivity contribution is 5.24. The lowest BCUT2D eigenvalue weighted by molar-refractivity contribution is -0.193. The van der Waals surface area contributed by atoms with E-state index in [1.807, 2.05) is 0 Å². The van der Waals surface area contributed by atoms with Crippen LogP contribution in [0.25, 0.3) is 0 Å². The average Bonchev–Trinajstić information content (AvgIpc) is 3.09. The molecule has 1 fully saturated rings. The molecule has 0 bridgehead atoms. The summed E-state index contributed by atoms with van der Waals surface area (Å²) in [5.41, 5.74) is 0.0513. The first kappa shape index (κ1) is 14.1. The van der Waals surface area contributed by atoms with Gasteiger partial charge in [0.05, 0.1) is 13.2 Å². The number of nitrogens with zero attached hydrogens (tertiary/aromatic N) is 3. The van der Waals surface area contributed by atoms with Crippen molar-refractivity contribution in [2.24, 2.45) is 0 Å². The first-order valence-electron chi connectivity index (χ1n) is 6.33. The van der Waals surface area contributed by atoms with Gasteiger partial charge in [-0.1, -0.05) is 0 Å². The SMILES string of the molecule is OCC1COC(Cn2cncn2)(c2ccc(F)cc2F)O1. The molecule has 2 heterocycles. The molecular formula is C13H13F2N3O3. The fourth-order valence-corrected chi connectivity index (χ4v) is 2.29. The van der Waals surface area contributed by atoms with Crippen molar-refractivity contribution in [2.75, 3.05) is 13.2 Å². The minimum Gasteiger partial charge on any atom is -0.394 e. The first-order chi connectivity index (χ1) is 10.1. The first-order valence-corrected chi connectivity index (χ1v) is 6.33. The lowest BCUT2D eigenvalue weighted by Gasteiger charge is -2.28. The predicted octanol–water partition coefficient (Wildman–Crippen LogP) is 0.817. The monoisotopic (exact) mass is 297 g/mol. The molecule has 0 amide bonds. The van der Waals surface area contributed by atoms with E-state index in [4.69, 9.17) is 9.47 Å². The van der Waals surface area contributed by atoms with Crippen LogP contribution in [0.1, 0.15) is 5.56 Å². The van der Waals surface area contributed by atoms with Gasteiger partial charge in [0, 0.05) is 11.6 Å². The molecule has 0 saturated carbocycles. The van der Waals surface area contributed by atoms with Crippen LogP contribution in [0.3, 0.4) is 0 Å². The van der Waals surface area contributed by atoms with Crippen LogP contribution in [-0.2, 0) is 21.8 Å². The van der Waals surface area contributed by atoms with Gasteiger partial charge in [0.1, 0.15) is 36.9 Å². The van der Waals surface area contributed by atoms with Gasteiger partial charge in [-0.25, -0.2) is 18.4 Å². The minimum absolute atomic E-state index is 0.0338. The number of aliphatic hydroxyl groups excluding tert-OH is 1. The Morgan fingerprint density at radius 2 is 2.29 bits per heavy atom. The molecule has 0 radical (unpaired) electrons. The van der Waals surface area contributed by atoms with Gasteiger partial charge >= 0.3 is 0 Å². The van der Waals surface area contributed by atoms with Gasteiger partial charge < -0.3 is 14.6 Å². The van der Waals surface area contributed by atoms with Crippen molar-refractivity contribution in [2.45, 2.75) is 18.4 Å². The molecule has 1 aromatic heterocycles. The number of ether oxygens (including phenoxy) is 2. The van der Waals surface area contributed by atoms with E-state index in [1.165, 1.54) is 23.4 Å². The number of aromatic nitrogens is 3. The zero-order chi connectivity index (χ0) is 14.9. The second-order valence-electron chi connectivity index (χ2n) is 4.70. The van der Waals surface area contributed by atoms with E-state index in [2.05, 4.69) is 10.1 Å². The molecule has 3 rings (SSSR count). The van der Waals surface area contributed by atoms with E-state index in [-0.39, 0.29) is 25.3 Å². The maximum absolute atomic E-state index is 14.1. The Bertz CT molecular complexity index is 623. The summed E-state index contributed by atoms with van der Waals surface area (Å²) in [6.07, 6.45) is 2.17. The van der Waals surface area contributed by atoms with Gasteiger partial charge in [-0.05, 0) is 12.1 Å². The van der Waals surface area contributed by atoms with E-state index in [1.54, 1.807) is 0 Å². The van der Waals surface area contributed by atoms with E-state index in [9.17, 15) is 13.9 Å². The second-order valence-corrected chi connectivity index (χ2v) is 4.70. The molecule has 0 spiro atoms. The normalized spacial score (nSPS) is 25.4. The van der Waals surface area contributed by atoms with Crippen LogP contribution in [0, 0.1) is 11.6 Å². The van der Waals surface area contributed by atoms with Crippen molar-refractivity contribution in [1.29, 1.82) is 0 Å². The number of aliphatic hydroxyl groups is 1. The van der Waals surface area contributed by atoms with E-state index in [0.717, 1.165) is 12.1 Å². The average molecular weight is 297 g/mol. The third-order valence-corrected chi connectivity index (χ3v) is 3.24. The highest BCUT2D eigenvalue weighted by Crippen LogP contribution is 2.37. The maximum atomic E-state index is 14.1. The molecule has 1 saturated heterocycles. The molecule has 2 atom stereocenters. The highest BCUT2D eigenvalue weighted by Gasteiger charge is 2.45. The Kier molecular flexibility index (Phi) is 3.66. The van der Waals surface area contributed by atoms with Crippen molar-refractivity contribution in [1.82, 2.24) is 14.8 Å². The summed E-state index contributed by atoms with van der Waals surface area (Å²) >= 11 is 0. The van der Waals surface area contributed by atoms with Crippen LogP contribution in [0.5, 0.6) is 0 Å². The minimum atomic E-state index is -1.47. The lowest BCUT2D eigenvalue weighted by Crippen LogP contribution is -2.35. The molecule has 1 aliphatic heterocycles. The Balaban J connectivity index is 1.99. The number of benzene rings is 1. The van der Waals surface area contributed by atoms with Gasteiger partial charge in [0.2, 0.25) is 5.79 Å². The molecule has 6 nitrogen and oxygen atoms in total. The summed E-state index contributed by atoms with van der Waals surface area (Å²) in [4.78, 5) is 3.80. The summed E-state index contributed by atoms with van der Waals surface area (Å²) in [6.45, 7) is -0.129. The molecule has 8 heteroatoms. The van der Waals surface area contributed by atoms with Crippen LogP contribution in [0.4, 0.5) is 8.78 Å². The van der Waals surface area contributed by atoms with E-state index in [0.29, 0.717) is 0 Å². The van der Waals surface area contributed by atoms with Crippen LogP contribution in [0.15, 0.2) is 30.9 Å². The molecule has 21 heavy (non-hydrogen) atoms. The second kappa shape index (κ2) is 5.47. The van der Waals surface area contributed by atoms with E-state index >= 15 is 0 Å². The van der Waals surface area contributed by atoms with Crippen molar-refractivity contribution >= 4 is 0 Å². The van der Waals surface area contributed by atoms with Gasteiger partial charge in [-0.3, -0.25) is 0 Å². The molecular weight excluding hydrogens is 284 g/mol. The molecule has 112 valence electrons. The van der Waals surface area contributed by atoms with Gasteiger partial charge in [0.15, 0.2) is 0 Å². The topological polar surface area (TPSA) is 69.4 Å².